The van der Waals surface area contributed by atoms with Crippen LogP contribution in [0.25, 0.3) is 22.4 Å². The highest BCUT2D eigenvalue weighted by Crippen LogP contribution is 2.30. The molecule has 0 aliphatic rings. The Hall–Kier alpha value is -1.69. The summed E-state index contributed by atoms with van der Waals surface area (Å²) >= 11 is 6.19. The average Bonchev–Trinajstić information content (AvgIpc) is 2.96. The molecule has 0 aliphatic heterocycles. The highest BCUT2D eigenvalue weighted by Gasteiger charge is 2.15. The molecule has 1 unspecified atom stereocenters. The predicted octanol–water partition coefficient (Wildman–Crippen LogP) is 3.51. The fourth-order valence-corrected chi connectivity index (χ4v) is 2.35. The molecular weight excluding hydrogens is 323 g/mol. The summed E-state index contributed by atoms with van der Waals surface area (Å²) in [6, 6.07) is 7.74. The summed E-state index contributed by atoms with van der Waals surface area (Å²) in [6.07, 6.45) is 2.43. The fraction of sp³-hybridized carbons (Fsp3) is 0.267. The molecule has 0 amide bonds. The fourth-order valence-electron chi connectivity index (χ4n) is 2.13. The lowest BCUT2D eigenvalue weighted by Crippen LogP contribution is -2.24. The van der Waals surface area contributed by atoms with Crippen molar-refractivity contribution in [3.05, 3.63) is 41.3 Å². The van der Waals surface area contributed by atoms with Crippen LogP contribution < -0.4 is 5.32 Å². The van der Waals surface area contributed by atoms with E-state index in [1.54, 1.807) is 6.20 Å². The molecule has 2 aromatic heterocycles. The van der Waals surface area contributed by atoms with Crippen LogP contribution in [0.3, 0.4) is 0 Å². The normalized spacial score (nSPS) is 12.1. The maximum absolute atomic E-state index is 6.19. The molecule has 22 heavy (non-hydrogen) atoms. The van der Waals surface area contributed by atoms with Gasteiger partial charge in [-0.2, -0.15) is 4.98 Å². The zero-order chi connectivity index (χ0) is 14.8. The van der Waals surface area contributed by atoms with Gasteiger partial charge < -0.3 is 9.84 Å². The molecule has 3 aromatic rings. The van der Waals surface area contributed by atoms with E-state index in [-0.39, 0.29) is 18.4 Å². The van der Waals surface area contributed by atoms with E-state index in [2.05, 4.69) is 27.4 Å². The quantitative estimate of drug-likeness (QED) is 0.788. The monoisotopic (exact) mass is 338 g/mol. The van der Waals surface area contributed by atoms with Gasteiger partial charge in [0.05, 0.1) is 16.1 Å². The van der Waals surface area contributed by atoms with E-state index < -0.39 is 0 Å². The van der Waals surface area contributed by atoms with Crippen LogP contribution in [0.15, 0.2) is 35.0 Å². The number of fused-ring (bicyclic) bond motifs is 1. The van der Waals surface area contributed by atoms with Gasteiger partial charge in [-0.15, -0.1) is 12.4 Å². The molecule has 1 N–H and O–H groups in total. The van der Waals surface area contributed by atoms with Gasteiger partial charge in [-0.05, 0) is 38.2 Å². The minimum Gasteiger partial charge on any atom is -0.334 e. The van der Waals surface area contributed by atoms with Gasteiger partial charge in [0, 0.05) is 24.0 Å². The average molecular weight is 339 g/mol. The zero-order valence-electron chi connectivity index (χ0n) is 12.2. The third kappa shape index (κ3) is 3.21. The van der Waals surface area contributed by atoms with E-state index in [0.717, 1.165) is 16.5 Å². The van der Waals surface area contributed by atoms with E-state index in [0.29, 0.717) is 23.2 Å². The Bertz CT molecular complexity index is 775. The number of halogens is 2. The molecule has 0 saturated carbocycles. The van der Waals surface area contributed by atoms with Crippen molar-refractivity contribution < 1.29 is 4.52 Å². The maximum Gasteiger partial charge on any atom is 0.260 e. The summed E-state index contributed by atoms with van der Waals surface area (Å²) in [5.41, 5.74) is 1.56. The number of nitrogens with one attached hydrogen (secondary N) is 1. The van der Waals surface area contributed by atoms with Gasteiger partial charge in [0.2, 0.25) is 0 Å². The molecule has 3 rings (SSSR count). The van der Waals surface area contributed by atoms with Crippen LogP contribution in [0, 0.1) is 0 Å². The van der Waals surface area contributed by atoms with Crippen molar-refractivity contribution in [3.8, 4) is 11.5 Å². The first kappa shape index (κ1) is 16.7. The van der Waals surface area contributed by atoms with Crippen LogP contribution in [-0.4, -0.2) is 28.2 Å². The second-order valence-corrected chi connectivity index (χ2v) is 5.31. The third-order valence-electron chi connectivity index (χ3n) is 3.40. The summed E-state index contributed by atoms with van der Waals surface area (Å²) in [7, 11) is 1.91. The number of nitrogens with zero attached hydrogens (tertiary/aromatic N) is 3. The van der Waals surface area contributed by atoms with Gasteiger partial charge in [-0.25, -0.2) is 0 Å². The van der Waals surface area contributed by atoms with Gasteiger partial charge in [-0.3, -0.25) is 4.98 Å². The Morgan fingerprint density at radius 3 is 2.91 bits per heavy atom. The smallest absolute Gasteiger partial charge is 0.260 e. The number of likely N-dealkylation sites (N-methyl/N-ethyl adjacent to an activating group) is 1. The van der Waals surface area contributed by atoms with Crippen LogP contribution in [0.4, 0.5) is 0 Å². The predicted molar refractivity (Wildman–Crippen MR) is 89.5 cm³/mol. The summed E-state index contributed by atoms with van der Waals surface area (Å²) in [6.45, 7) is 2.06. The highest BCUT2D eigenvalue weighted by molar-refractivity contribution is 6.35. The third-order valence-corrected chi connectivity index (χ3v) is 3.73. The number of rotatable bonds is 4. The van der Waals surface area contributed by atoms with Crippen LogP contribution >= 0.6 is 24.0 Å². The summed E-state index contributed by atoms with van der Waals surface area (Å²) in [4.78, 5) is 8.83. The Morgan fingerprint density at radius 2 is 2.14 bits per heavy atom. The maximum atomic E-state index is 6.19. The van der Waals surface area contributed by atoms with Crippen LogP contribution in [-0.2, 0) is 6.42 Å². The van der Waals surface area contributed by atoms with Gasteiger partial charge in [0.25, 0.3) is 5.89 Å². The topological polar surface area (TPSA) is 63.8 Å². The van der Waals surface area contributed by atoms with Crippen molar-refractivity contribution in [2.75, 3.05) is 7.05 Å². The molecule has 0 aliphatic carbocycles. The lowest BCUT2D eigenvalue weighted by atomic mass is 10.1. The number of pyridine rings is 1. The minimum atomic E-state index is 0. The Labute approximate surface area is 139 Å². The van der Waals surface area contributed by atoms with Crippen molar-refractivity contribution in [2.45, 2.75) is 19.4 Å². The van der Waals surface area contributed by atoms with Crippen LogP contribution in [0.5, 0.6) is 0 Å². The molecule has 116 valence electrons. The number of hydrogen-bond donors (Lipinski definition) is 1. The molecule has 0 radical (unpaired) electrons. The van der Waals surface area contributed by atoms with E-state index in [1.165, 1.54) is 0 Å². The lowest BCUT2D eigenvalue weighted by molar-refractivity contribution is 0.418. The van der Waals surface area contributed by atoms with Gasteiger partial charge in [0.15, 0.2) is 5.82 Å². The van der Waals surface area contributed by atoms with E-state index >= 15 is 0 Å². The first-order valence-electron chi connectivity index (χ1n) is 6.72. The molecule has 5 nitrogen and oxygen atoms in total. The highest BCUT2D eigenvalue weighted by atomic mass is 35.5. The van der Waals surface area contributed by atoms with Crippen molar-refractivity contribution in [1.82, 2.24) is 20.4 Å². The number of hydrogen-bond acceptors (Lipinski definition) is 5. The Kier molecular flexibility index (Phi) is 5.34. The lowest BCUT2D eigenvalue weighted by Gasteiger charge is -2.05. The molecule has 1 atom stereocenters. The van der Waals surface area contributed by atoms with E-state index in [9.17, 15) is 0 Å². The first-order chi connectivity index (χ1) is 10.2. The van der Waals surface area contributed by atoms with Crippen molar-refractivity contribution >= 4 is 34.9 Å². The summed E-state index contributed by atoms with van der Waals surface area (Å²) in [5.74, 6) is 1.14. The van der Waals surface area contributed by atoms with E-state index in [1.807, 2.05) is 31.3 Å². The minimum absolute atomic E-state index is 0. The second-order valence-electron chi connectivity index (χ2n) is 4.90. The SMILES string of the molecule is CNC(C)Cc1noc(-c2ccc(Cl)c3cccnc23)n1.Cl. The zero-order valence-corrected chi connectivity index (χ0v) is 13.8. The standard InChI is InChI=1S/C15H15ClN4O.ClH/c1-9(17-2)8-13-19-15(21-20-13)11-5-6-12(16)10-4-3-7-18-14(10)11;/h3-7,9,17H,8H2,1-2H3;1H. The summed E-state index contributed by atoms with van der Waals surface area (Å²) in [5, 5.41) is 8.70. The van der Waals surface area contributed by atoms with Gasteiger partial charge >= 0.3 is 0 Å². The molecule has 2 heterocycles. The van der Waals surface area contributed by atoms with Crippen molar-refractivity contribution in [3.63, 3.8) is 0 Å². The molecule has 0 bridgehead atoms. The Morgan fingerprint density at radius 1 is 1.32 bits per heavy atom. The van der Waals surface area contributed by atoms with Crippen LogP contribution in [0.2, 0.25) is 5.02 Å². The first-order valence-corrected chi connectivity index (χ1v) is 7.10. The van der Waals surface area contributed by atoms with Crippen LogP contribution in [0.1, 0.15) is 12.7 Å². The second kappa shape index (κ2) is 7.05. The van der Waals surface area contributed by atoms with Crippen molar-refractivity contribution in [1.29, 1.82) is 0 Å². The van der Waals surface area contributed by atoms with E-state index in [4.69, 9.17) is 16.1 Å². The molecule has 0 saturated heterocycles. The number of benzene rings is 1. The molecule has 1 aromatic carbocycles. The summed E-state index contributed by atoms with van der Waals surface area (Å²) < 4.78 is 5.37. The van der Waals surface area contributed by atoms with Gasteiger partial charge in [-0.1, -0.05) is 16.8 Å². The molecule has 0 fully saturated rings. The molecule has 7 heteroatoms. The van der Waals surface area contributed by atoms with Gasteiger partial charge in [0.1, 0.15) is 0 Å². The van der Waals surface area contributed by atoms with Crippen molar-refractivity contribution in [2.24, 2.45) is 0 Å². The molecule has 0 spiro atoms. The number of aromatic nitrogens is 3. The Balaban J connectivity index is 0.00000176. The largest absolute Gasteiger partial charge is 0.334 e. The molecular formula is C15H16Cl2N4O.